The lowest BCUT2D eigenvalue weighted by molar-refractivity contribution is 0.155. The monoisotopic (exact) mass is 298 g/mol. The van der Waals surface area contributed by atoms with Crippen LogP contribution in [-0.4, -0.2) is 33.7 Å². The molecule has 0 unspecified atom stereocenters. The third kappa shape index (κ3) is 4.31. The molecule has 2 amide bonds. The summed E-state index contributed by atoms with van der Waals surface area (Å²) in [6.07, 6.45) is 2.91. The van der Waals surface area contributed by atoms with Gasteiger partial charge in [-0.05, 0) is 37.1 Å². The number of anilines is 1. The van der Waals surface area contributed by atoms with Crippen LogP contribution in [0, 0.1) is 0 Å². The second kappa shape index (κ2) is 7.40. The second-order valence-electron chi connectivity index (χ2n) is 4.70. The van der Waals surface area contributed by atoms with Gasteiger partial charge in [0, 0.05) is 27.6 Å². The molecule has 0 radical (unpaired) electrons. The average Bonchev–Trinajstić information content (AvgIpc) is 2.45. The van der Waals surface area contributed by atoms with Crippen LogP contribution in [-0.2, 0) is 10.8 Å². The summed E-state index contributed by atoms with van der Waals surface area (Å²) in [5.41, 5.74) is 0.0327. The van der Waals surface area contributed by atoms with Crippen molar-refractivity contribution in [2.75, 3.05) is 18.2 Å². The van der Waals surface area contributed by atoms with E-state index in [2.05, 4.69) is 10.6 Å². The summed E-state index contributed by atoms with van der Waals surface area (Å²) >= 11 is 0. The molecular formula is C14H22N2O3S. The van der Waals surface area contributed by atoms with E-state index in [0.717, 1.165) is 0 Å². The third-order valence-corrected chi connectivity index (χ3v) is 4.42. The Bertz CT molecular complexity index is 462. The maximum absolute atomic E-state index is 11.9. The Morgan fingerprint density at radius 2 is 1.80 bits per heavy atom. The first-order valence-electron chi connectivity index (χ1n) is 6.60. The molecule has 5 nitrogen and oxygen atoms in total. The number of carbonyl (C=O) groups is 1. The summed E-state index contributed by atoms with van der Waals surface area (Å²) in [5, 5.41) is 14.9. The SMILES string of the molecule is CCC(CC)(CO)NC(=O)Nc1ccc([S@](C)=O)cc1. The number of amides is 2. The summed E-state index contributed by atoms with van der Waals surface area (Å²) < 4.78 is 11.3. The van der Waals surface area contributed by atoms with Crippen molar-refractivity contribution < 1.29 is 14.1 Å². The van der Waals surface area contributed by atoms with Gasteiger partial charge in [0.15, 0.2) is 0 Å². The highest BCUT2D eigenvalue weighted by Gasteiger charge is 2.27. The van der Waals surface area contributed by atoms with Crippen molar-refractivity contribution in [1.29, 1.82) is 0 Å². The predicted octanol–water partition coefficient (Wildman–Crippen LogP) is 2.10. The van der Waals surface area contributed by atoms with Gasteiger partial charge in [-0.2, -0.15) is 0 Å². The van der Waals surface area contributed by atoms with E-state index < -0.39 is 16.3 Å². The fourth-order valence-electron chi connectivity index (χ4n) is 1.82. The van der Waals surface area contributed by atoms with E-state index >= 15 is 0 Å². The molecule has 1 aromatic carbocycles. The fourth-order valence-corrected chi connectivity index (χ4v) is 2.34. The van der Waals surface area contributed by atoms with Gasteiger partial charge in [-0.3, -0.25) is 4.21 Å². The zero-order valence-electron chi connectivity index (χ0n) is 12.1. The van der Waals surface area contributed by atoms with Gasteiger partial charge in [-0.25, -0.2) is 4.79 Å². The van der Waals surface area contributed by atoms with Gasteiger partial charge >= 0.3 is 6.03 Å². The minimum Gasteiger partial charge on any atom is -0.394 e. The van der Waals surface area contributed by atoms with Crippen LogP contribution < -0.4 is 10.6 Å². The molecule has 0 aliphatic rings. The highest BCUT2D eigenvalue weighted by molar-refractivity contribution is 7.84. The molecule has 0 bridgehead atoms. The molecule has 0 saturated carbocycles. The molecule has 0 aliphatic heterocycles. The molecule has 112 valence electrons. The summed E-state index contributed by atoms with van der Waals surface area (Å²) in [6, 6.07) is 6.48. The maximum Gasteiger partial charge on any atom is 0.319 e. The Kier molecular flexibility index (Phi) is 6.16. The molecule has 0 spiro atoms. The van der Waals surface area contributed by atoms with Crippen LogP contribution in [0.1, 0.15) is 26.7 Å². The summed E-state index contributed by atoms with van der Waals surface area (Å²) in [7, 11) is -1.03. The molecule has 3 N–H and O–H groups in total. The van der Waals surface area contributed by atoms with E-state index in [1.54, 1.807) is 30.5 Å². The van der Waals surface area contributed by atoms with E-state index in [1.165, 1.54) is 0 Å². The minimum absolute atomic E-state index is 0.0961. The molecular weight excluding hydrogens is 276 g/mol. The standard InChI is InChI=1S/C14H22N2O3S/c1-4-14(5-2,10-17)16-13(18)15-11-6-8-12(9-7-11)20(3)19/h6-9,17H,4-5,10H2,1-3H3,(H2,15,16,18)/t20-/m0/s1. The van der Waals surface area contributed by atoms with E-state index in [4.69, 9.17) is 0 Å². The van der Waals surface area contributed by atoms with Crippen molar-refractivity contribution in [3.05, 3.63) is 24.3 Å². The third-order valence-electron chi connectivity index (χ3n) is 3.48. The van der Waals surface area contributed by atoms with Gasteiger partial charge in [-0.1, -0.05) is 13.8 Å². The normalized spacial score (nSPS) is 12.8. The quantitative estimate of drug-likeness (QED) is 0.752. The van der Waals surface area contributed by atoms with Crippen molar-refractivity contribution in [2.24, 2.45) is 0 Å². The molecule has 0 aliphatic carbocycles. The van der Waals surface area contributed by atoms with Crippen LogP contribution in [0.25, 0.3) is 0 Å². The molecule has 0 fully saturated rings. The lowest BCUT2D eigenvalue weighted by atomic mass is 9.94. The zero-order chi connectivity index (χ0) is 15.2. The number of rotatable bonds is 6. The van der Waals surface area contributed by atoms with Gasteiger partial charge in [0.1, 0.15) is 0 Å². The first kappa shape index (κ1) is 16.7. The first-order chi connectivity index (χ1) is 9.46. The van der Waals surface area contributed by atoms with Gasteiger partial charge in [0.2, 0.25) is 0 Å². The number of nitrogens with one attached hydrogen (secondary N) is 2. The molecule has 20 heavy (non-hydrogen) atoms. The highest BCUT2D eigenvalue weighted by Crippen LogP contribution is 2.15. The number of carbonyl (C=O) groups excluding carboxylic acids is 1. The largest absolute Gasteiger partial charge is 0.394 e. The summed E-state index contributed by atoms with van der Waals surface area (Å²) in [6.45, 7) is 3.75. The van der Waals surface area contributed by atoms with E-state index in [-0.39, 0.29) is 12.6 Å². The Morgan fingerprint density at radius 3 is 2.20 bits per heavy atom. The van der Waals surface area contributed by atoms with E-state index in [9.17, 15) is 14.1 Å². The minimum atomic E-state index is -1.03. The molecule has 0 aromatic heterocycles. The van der Waals surface area contributed by atoms with E-state index in [0.29, 0.717) is 23.4 Å². The fraction of sp³-hybridized carbons (Fsp3) is 0.500. The number of benzene rings is 1. The number of hydrogen-bond acceptors (Lipinski definition) is 3. The van der Waals surface area contributed by atoms with Crippen molar-refractivity contribution in [3.63, 3.8) is 0 Å². The summed E-state index contributed by atoms with van der Waals surface area (Å²) in [4.78, 5) is 12.6. The highest BCUT2D eigenvalue weighted by atomic mass is 32.2. The Labute approximate surface area is 122 Å². The number of aliphatic hydroxyl groups excluding tert-OH is 1. The molecule has 6 heteroatoms. The van der Waals surface area contributed by atoms with Gasteiger partial charge in [0.05, 0.1) is 12.1 Å². The van der Waals surface area contributed by atoms with Crippen LogP contribution in [0.15, 0.2) is 29.2 Å². The van der Waals surface area contributed by atoms with Gasteiger partial charge in [-0.15, -0.1) is 0 Å². The van der Waals surface area contributed by atoms with Gasteiger partial charge in [0.25, 0.3) is 0 Å². The van der Waals surface area contributed by atoms with Crippen LogP contribution in [0.4, 0.5) is 10.5 Å². The Morgan fingerprint density at radius 1 is 1.25 bits per heavy atom. The predicted molar refractivity (Wildman–Crippen MR) is 81.3 cm³/mol. The maximum atomic E-state index is 11.9. The Hall–Kier alpha value is -1.40. The molecule has 1 rings (SSSR count). The number of urea groups is 1. The molecule has 1 aromatic rings. The topological polar surface area (TPSA) is 78.4 Å². The Balaban J connectivity index is 2.68. The number of aliphatic hydroxyl groups is 1. The van der Waals surface area contributed by atoms with Gasteiger partial charge < -0.3 is 15.7 Å². The summed E-state index contributed by atoms with van der Waals surface area (Å²) in [5.74, 6) is 0. The number of hydrogen-bond donors (Lipinski definition) is 3. The smallest absolute Gasteiger partial charge is 0.319 e. The first-order valence-corrected chi connectivity index (χ1v) is 8.15. The molecule has 1 atom stereocenters. The molecule has 0 saturated heterocycles. The van der Waals surface area contributed by atoms with Crippen molar-refractivity contribution in [2.45, 2.75) is 37.1 Å². The van der Waals surface area contributed by atoms with Crippen LogP contribution in [0.2, 0.25) is 0 Å². The molecule has 0 heterocycles. The second-order valence-corrected chi connectivity index (χ2v) is 6.08. The van der Waals surface area contributed by atoms with Crippen molar-refractivity contribution in [1.82, 2.24) is 5.32 Å². The van der Waals surface area contributed by atoms with E-state index in [1.807, 2.05) is 13.8 Å². The van der Waals surface area contributed by atoms with Crippen LogP contribution >= 0.6 is 0 Å². The average molecular weight is 298 g/mol. The van der Waals surface area contributed by atoms with Crippen LogP contribution in [0.5, 0.6) is 0 Å². The lowest BCUT2D eigenvalue weighted by Crippen LogP contribution is -2.51. The van der Waals surface area contributed by atoms with Crippen molar-refractivity contribution >= 4 is 22.5 Å². The van der Waals surface area contributed by atoms with Crippen molar-refractivity contribution in [3.8, 4) is 0 Å². The zero-order valence-corrected chi connectivity index (χ0v) is 12.9. The van der Waals surface area contributed by atoms with Crippen LogP contribution in [0.3, 0.4) is 0 Å². The lowest BCUT2D eigenvalue weighted by Gasteiger charge is -2.30.